The molecule has 0 fully saturated rings. The summed E-state index contributed by atoms with van der Waals surface area (Å²) in [6.07, 6.45) is 1.34. The van der Waals surface area contributed by atoms with E-state index < -0.39 is 5.91 Å². The van der Waals surface area contributed by atoms with Crippen LogP contribution in [-0.2, 0) is 5.41 Å². The molecule has 1 amide bonds. The summed E-state index contributed by atoms with van der Waals surface area (Å²) in [5.41, 5.74) is 1.15. The number of aryl methyl sites for hydroxylation is 2. The Bertz CT molecular complexity index is 972. The maximum Gasteiger partial charge on any atom is 0.271 e. The number of thiazole rings is 2. The van der Waals surface area contributed by atoms with Crippen LogP contribution in [0.4, 0.5) is 5.13 Å². The number of hydrogen-bond donors (Lipinski definition) is 1. The molecule has 0 aliphatic rings. The molecule has 6 nitrogen and oxygen atoms in total. The summed E-state index contributed by atoms with van der Waals surface area (Å²) < 4.78 is 1.53. The molecule has 24 heavy (non-hydrogen) atoms. The van der Waals surface area contributed by atoms with Gasteiger partial charge in [0, 0.05) is 27.6 Å². The molecular formula is C16H18N4O2S2. The molecule has 3 aromatic heterocycles. The number of carbonyl (C=O) groups excluding carboxylic acids is 1. The fourth-order valence-electron chi connectivity index (χ4n) is 2.26. The Morgan fingerprint density at radius 1 is 1.29 bits per heavy atom. The average molecular weight is 362 g/mol. The van der Waals surface area contributed by atoms with E-state index in [0.29, 0.717) is 10.1 Å². The summed E-state index contributed by atoms with van der Waals surface area (Å²) in [6, 6.07) is 0. The highest BCUT2D eigenvalue weighted by molar-refractivity contribution is 7.16. The first-order valence-electron chi connectivity index (χ1n) is 7.43. The number of nitrogens with zero attached hydrogens (tertiary/aromatic N) is 3. The van der Waals surface area contributed by atoms with E-state index in [9.17, 15) is 9.59 Å². The predicted octanol–water partition coefficient (Wildman–Crippen LogP) is 3.38. The van der Waals surface area contributed by atoms with Crippen LogP contribution < -0.4 is 10.9 Å². The second kappa shape index (κ2) is 5.78. The molecule has 126 valence electrons. The van der Waals surface area contributed by atoms with E-state index in [-0.39, 0.29) is 16.5 Å². The van der Waals surface area contributed by atoms with Crippen LogP contribution >= 0.6 is 22.7 Å². The fraction of sp³-hybridized carbons (Fsp3) is 0.375. The van der Waals surface area contributed by atoms with E-state index in [1.807, 2.05) is 40.0 Å². The molecule has 0 radical (unpaired) electrons. The van der Waals surface area contributed by atoms with Gasteiger partial charge in [-0.2, -0.15) is 0 Å². The number of aromatic nitrogens is 3. The van der Waals surface area contributed by atoms with Crippen molar-refractivity contribution in [3.05, 3.63) is 43.8 Å². The highest BCUT2D eigenvalue weighted by atomic mass is 32.1. The highest BCUT2D eigenvalue weighted by Crippen LogP contribution is 2.26. The predicted molar refractivity (Wildman–Crippen MR) is 97.6 cm³/mol. The van der Waals surface area contributed by atoms with Crippen LogP contribution in [-0.4, -0.2) is 20.3 Å². The van der Waals surface area contributed by atoms with Crippen LogP contribution in [0, 0.1) is 13.8 Å². The molecule has 3 aromatic rings. The SMILES string of the molecule is Cc1nc(NC(=O)c2cnc3scc(C(C)(C)C)n3c2=O)sc1C. The standard InChI is InChI=1S/C16H18N4O2S2/c1-8-9(2)24-14(18-8)19-12(21)10-6-17-15-20(13(10)22)11(7-23-15)16(3,4)5/h6-7H,1-5H3,(H,18,19,21). The molecule has 0 bridgehead atoms. The van der Waals surface area contributed by atoms with Gasteiger partial charge in [0.25, 0.3) is 11.5 Å². The molecule has 0 unspecified atom stereocenters. The van der Waals surface area contributed by atoms with E-state index in [0.717, 1.165) is 16.3 Å². The van der Waals surface area contributed by atoms with Crippen LogP contribution in [0.1, 0.15) is 47.4 Å². The van der Waals surface area contributed by atoms with Crippen LogP contribution in [0.3, 0.4) is 0 Å². The van der Waals surface area contributed by atoms with Gasteiger partial charge in [-0.1, -0.05) is 20.8 Å². The van der Waals surface area contributed by atoms with Crippen molar-refractivity contribution >= 4 is 38.7 Å². The number of hydrogen-bond acceptors (Lipinski definition) is 6. The van der Waals surface area contributed by atoms with E-state index in [2.05, 4.69) is 15.3 Å². The lowest BCUT2D eigenvalue weighted by atomic mass is 9.93. The van der Waals surface area contributed by atoms with Gasteiger partial charge in [-0.15, -0.1) is 22.7 Å². The van der Waals surface area contributed by atoms with Gasteiger partial charge in [-0.05, 0) is 13.8 Å². The van der Waals surface area contributed by atoms with Gasteiger partial charge in [0.05, 0.1) is 5.69 Å². The van der Waals surface area contributed by atoms with Crippen LogP contribution in [0.25, 0.3) is 4.96 Å². The Kier molecular flexibility index (Phi) is 4.05. The molecule has 0 atom stereocenters. The number of anilines is 1. The Hall–Kier alpha value is -2.06. The Morgan fingerprint density at radius 3 is 2.58 bits per heavy atom. The number of nitrogens with one attached hydrogen (secondary N) is 1. The first-order valence-corrected chi connectivity index (χ1v) is 9.13. The molecule has 8 heteroatoms. The molecule has 0 aromatic carbocycles. The zero-order valence-electron chi connectivity index (χ0n) is 14.1. The van der Waals surface area contributed by atoms with Crippen molar-refractivity contribution < 1.29 is 4.79 Å². The van der Waals surface area contributed by atoms with Crippen molar-refractivity contribution in [2.45, 2.75) is 40.0 Å². The van der Waals surface area contributed by atoms with E-state index in [1.165, 1.54) is 33.3 Å². The largest absolute Gasteiger partial charge is 0.298 e. The van der Waals surface area contributed by atoms with Gasteiger partial charge < -0.3 is 0 Å². The third kappa shape index (κ3) is 2.87. The summed E-state index contributed by atoms with van der Waals surface area (Å²) in [5, 5.41) is 5.10. The Morgan fingerprint density at radius 2 is 2.00 bits per heavy atom. The topological polar surface area (TPSA) is 76.4 Å². The molecule has 0 saturated carbocycles. The second-order valence-electron chi connectivity index (χ2n) is 6.58. The third-order valence-electron chi connectivity index (χ3n) is 3.71. The summed E-state index contributed by atoms with van der Waals surface area (Å²) in [7, 11) is 0. The van der Waals surface area contributed by atoms with E-state index >= 15 is 0 Å². The smallest absolute Gasteiger partial charge is 0.271 e. The minimum absolute atomic E-state index is 0.0157. The normalized spacial score (nSPS) is 11.9. The van der Waals surface area contributed by atoms with Crippen molar-refractivity contribution in [2.75, 3.05) is 5.32 Å². The molecule has 3 heterocycles. The lowest BCUT2D eigenvalue weighted by molar-refractivity contribution is 0.102. The van der Waals surface area contributed by atoms with Crippen LogP contribution in [0.15, 0.2) is 16.4 Å². The maximum absolute atomic E-state index is 12.8. The van der Waals surface area contributed by atoms with E-state index in [4.69, 9.17) is 0 Å². The third-order valence-corrected chi connectivity index (χ3v) is 5.54. The van der Waals surface area contributed by atoms with Crippen molar-refractivity contribution in [2.24, 2.45) is 0 Å². The zero-order chi connectivity index (χ0) is 17.6. The van der Waals surface area contributed by atoms with Gasteiger partial charge in [-0.3, -0.25) is 19.3 Å². The van der Waals surface area contributed by atoms with Crippen molar-refractivity contribution in [3.8, 4) is 0 Å². The Balaban J connectivity index is 2.05. The molecule has 0 spiro atoms. The molecular weight excluding hydrogens is 344 g/mol. The monoisotopic (exact) mass is 362 g/mol. The lowest BCUT2D eigenvalue weighted by Crippen LogP contribution is -2.29. The quantitative estimate of drug-likeness (QED) is 0.758. The van der Waals surface area contributed by atoms with Crippen molar-refractivity contribution in [1.82, 2.24) is 14.4 Å². The zero-order valence-corrected chi connectivity index (χ0v) is 15.8. The minimum Gasteiger partial charge on any atom is -0.298 e. The van der Waals surface area contributed by atoms with Gasteiger partial charge in [0.2, 0.25) is 0 Å². The number of amides is 1. The summed E-state index contributed by atoms with van der Waals surface area (Å²) in [6.45, 7) is 9.88. The molecule has 3 rings (SSSR count). The number of carbonyl (C=O) groups is 1. The van der Waals surface area contributed by atoms with Gasteiger partial charge in [-0.25, -0.2) is 9.97 Å². The Labute approximate surface area is 147 Å². The van der Waals surface area contributed by atoms with Gasteiger partial charge in [0.1, 0.15) is 5.56 Å². The minimum atomic E-state index is -0.485. The fourth-order valence-corrected chi connectivity index (χ4v) is 4.14. The summed E-state index contributed by atoms with van der Waals surface area (Å²) >= 11 is 2.78. The first kappa shape index (κ1) is 16.8. The van der Waals surface area contributed by atoms with Gasteiger partial charge in [0.15, 0.2) is 10.1 Å². The summed E-state index contributed by atoms with van der Waals surface area (Å²) in [4.78, 5) is 35.5. The molecule has 0 saturated heterocycles. The van der Waals surface area contributed by atoms with E-state index in [1.54, 1.807) is 0 Å². The van der Waals surface area contributed by atoms with Gasteiger partial charge >= 0.3 is 0 Å². The number of fused-ring (bicyclic) bond motifs is 1. The van der Waals surface area contributed by atoms with Crippen molar-refractivity contribution in [1.29, 1.82) is 0 Å². The second-order valence-corrected chi connectivity index (χ2v) is 8.62. The number of rotatable bonds is 2. The van der Waals surface area contributed by atoms with Crippen LogP contribution in [0.5, 0.6) is 0 Å². The molecule has 0 aliphatic carbocycles. The molecule has 1 N–H and O–H groups in total. The highest BCUT2D eigenvalue weighted by Gasteiger charge is 2.23. The lowest BCUT2D eigenvalue weighted by Gasteiger charge is -2.17. The summed E-state index contributed by atoms with van der Waals surface area (Å²) in [5.74, 6) is -0.485. The van der Waals surface area contributed by atoms with Crippen molar-refractivity contribution in [3.63, 3.8) is 0 Å². The maximum atomic E-state index is 12.8. The molecule has 0 aliphatic heterocycles. The average Bonchev–Trinajstić information content (AvgIpc) is 3.03. The first-order chi connectivity index (χ1) is 11.2. The van der Waals surface area contributed by atoms with Crippen LogP contribution in [0.2, 0.25) is 0 Å².